The minimum absolute atomic E-state index is 0.0855. The predicted molar refractivity (Wildman–Crippen MR) is 95.9 cm³/mol. The average Bonchev–Trinajstić information content (AvgIpc) is 2.63. The number of hydrogen-bond acceptors (Lipinski definition) is 5. The van der Waals surface area contributed by atoms with E-state index in [-0.39, 0.29) is 5.60 Å². The van der Waals surface area contributed by atoms with Gasteiger partial charge in [-0.3, -0.25) is 4.90 Å². The molecular weight excluding hydrogens is 340 g/mol. The fourth-order valence-electron chi connectivity index (χ4n) is 3.57. The lowest BCUT2D eigenvalue weighted by Gasteiger charge is -2.39. The predicted octanol–water partition coefficient (Wildman–Crippen LogP) is 1.71. The van der Waals surface area contributed by atoms with Crippen LogP contribution in [0.25, 0.3) is 0 Å². The molecule has 0 aliphatic carbocycles. The van der Waals surface area contributed by atoms with Crippen LogP contribution in [0.5, 0.6) is 0 Å². The van der Waals surface area contributed by atoms with E-state index < -0.39 is 10.0 Å². The van der Waals surface area contributed by atoms with E-state index in [1.165, 1.54) is 4.31 Å². The Morgan fingerprint density at radius 2 is 1.84 bits per heavy atom. The Labute approximate surface area is 150 Å². The molecule has 0 bridgehead atoms. The molecule has 2 saturated heterocycles. The highest BCUT2D eigenvalue weighted by molar-refractivity contribution is 7.89. The molecule has 0 spiro atoms. The lowest BCUT2D eigenvalue weighted by Crippen LogP contribution is -2.46. The zero-order valence-electron chi connectivity index (χ0n) is 15.1. The molecule has 1 unspecified atom stereocenters. The average molecular weight is 368 g/mol. The molecule has 140 valence electrons. The van der Waals surface area contributed by atoms with Crippen molar-refractivity contribution in [2.45, 2.75) is 36.8 Å². The summed E-state index contributed by atoms with van der Waals surface area (Å²) in [5.41, 5.74) is 1.04. The molecule has 0 amide bonds. The summed E-state index contributed by atoms with van der Waals surface area (Å²) in [7, 11) is -1.64. The first-order valence-electron chi connectivity index (χ1n) is 8.87. The Morgan fingerprint density at radius 1 is 1.16 bits per heavy atom. The monoisotopic (exact) mass is 368 g/mol. The minimum atomic E-state index is -3.41. The van der Waals surface area contributed by atoms with Gasteiger partial charge in [-0.1, -0.05) is 12.1 Å². The van der Waals surface area contributed by atoms with Crippen LogP contribution in [0.2, 0.25) is 0 Å². The molecule has 7 heteroatoms. The number of morpholine rings is 1. The second-order valence-electron chi connectivity index (χ2n) is 7.13. The highest BCUT2D eigenvalue weighted by Gasteiger charge is 2.31. The molecule has 2 aliphatic heterocycles. The van der Waals surface area contributed by atoms with Crippen molar-refractivity contribution in [3.05, 3.63) is 29.8 Å². The van der Waals surface area contributed by atoms with Gasteiger partial charge in [-0.05, 0) is 44.0 Å². The van der Waals surface area contributed by atoms with Gasteiger partial charge < -0.3 is 9.47 Å². The van der Waals surface area contributed by atoms with E-state index in [1.807, 2.05) is 12.1 Å². The molecular formula is C18H28N2O4S. The van der Waals surface area contributed by atoms with E-state index in [9.17, 15) is 8.42 Å². The van der Waals surface area contributed by atoms with Crippen molar-refractivity contribution in [3.8, 4) is 0 Å². The van der Waals surface area contributed by atoms with Crippen LogP contribution in [0, 0.1) is 0 Å². The van der Waals surface area contributed by atoms with Crippen LogP contribution in [0.3, 0.4) is 0 Å². The van der Waals surface area contributed by atoms with Crippen LogP contribution in [0.4, 0.5) is 0 Å². The summed E-state index contributed by atoms with van der Waals surface area (Å²) in [4.78, 5) is 2.73. The number of rotatable bonds is 5. The molecule has 2 heterocycles. The number of hydrogen-bond donors (Lipinski definition) is 0. The van der Waals surface area contributed by atoms with Gasteiger partial charge in [-0.15, -0.1) is 0 Å². The van der Waals surface area contributed by atoms with E-state index in [1.54, 1.807) is 19.2 Å². The summed E-state index contributed by atoms with van der Waals surface area (Å²) in [6, 6.07) is 7.29. The molecule has 1 atom stereocenters. The van der Waals surface area contributed by atoms with Crippen LogP contribution in [-0.4, -0.2) is 69.7 Å². The molecule has 1 aromatic carbocycles. The Morgan fingerprint density at radius 3 is 2.48 bits per heavy atom. The van der Waals surface area contributed by atoms with Gasteiger partial charge in [0.15, 0.2) is 0 Å². The lowest BCUT2D eigenvalue weighted by atomic mass is 9.94. The first kappa shape index (κ1) is 18.8. The first-order chi connectivity index (χ1) is 11.9. The summed E-state index contributed by atoms with van der Waals surface area (Å²) < 4.78 is 37.7. The molecule has 0 aromatic heterocycles. The van der Waals surface area contributed by atoms with E-state index in [0.717, 1.165) is 38.0 Å². The van der Waals surface area contributed by atoms with Gasteiger partial charge in [-0.25, -0.2) is 8.42 Å². The van der Waals surface area contributed by atoms with Crippen molar-refractivity contribution in [3.63, 3.8) is 0 Å². The van der Waals surface area contributed by atoms with Crippen LogP contribution >= 0.6 is 0 Å². The molecule has 2 fully saturated rings. The van der Waals surface area contributed by atoms with Gasteiger partial charge in [0.2, 0.25) is 10.0 Å². The third kappa shape index (κ3) is 4.41. The molecule has 0 N–H and O–H groups in total. The Bertz CT molecular complexity index is 671. The largest absolute Gasteiger partial charge is 0.379 e. The summed E-state index contributed by atoms with van der Waals surface area (Å²) in [5.74, 6) is 0. The van der Waals surface area contributed by atoms with Crippen molar-refractivity contribution in [2.24, 2.45) is 0 Å². The van der Waals surface area contributed by atoms with Gasteiger partial charge in [0, 0.05) is 33.3 Å². The molecule has 3 rings (SSSR count). The fraction of sp³-hybridized carbons (Fsp3) is 0.667. The minimum Gasteiger partial charge on any atom is -0.379 e. The maximum atomic E-state index is 12.7. The van der Waals surface area contributed by atoms with E-state index in [4.69, 9.17) is 9.47 Å². The molecule has 25 heavy (non-hydrogen) atoms. The number of nitrogens with zero attached hydrogens (tertiary/aromatic N) is 2. The molecule has 2 aliphatic rings. The molecule has 0 saturated carbocycles. The van der Waals surface area contributed by atoms with Crippen LogP contribution in [0.1, 0.15) is 25.3 Å². The number of methoxy groups -OCH3 is 1. The summed E-state index contributed by atoms with van der Waals surface area (Å²) in [6.07, 6.45) is 2.20. The molecule has 1 aromatic rings. The number of piperidine rings is 1. The number of ether oxygens (including phenoxy) is 2. The highest BCUT2D eigenvalue weighted by Crippen LogP contribution is 2.25. The molecule has 0 radical (unpaired) electrons. The van der Waals surface area contributed by atoms with Crippen molar-refractivity contribution >= 4 is 10.0 Å². The maximum Gasteiger partial charge on any atom is 0.243 e. The summed E-state index contributed by atoms with van der Waals surface area (Å²) in [5, 5.41) is 0. The SMILES string of the molecule is COC1(C)CCCN(Cc2ccc(S(=O)(=O)N3CCOCC3)cc2)C1. The van der Waals surface area contributed by atoms with Crippen LogP contribution in [0.15, 0.2) is 29.2 Å². The summed E-state index contributed by atoms with van der Waals surface area (Å²) in [6.45, 7) is 6.69. The smallest absolute Gasteiger partial charge is 0.243 e. The fourth-order valence-corrected chi connectivity index (χ4v) is 4.98. The maximum absolute atomic E-state index is 12.7. The van der Waals surface area contributed by atoms with Gasteiger partial charge in [0.1, 0.15) is 0 Å². The highest BCUT2D eigenvalue weighted by atomic mass is 32.2. The Kier molecular flexibility index (Phi) is 5.80. The van der Waals surface area contributed by atoms with Gasteiger partial charge in [-0.2, -0.15) is 4.31 Å². The standard InChI is InChI=1S/C18H28N2O4S/c1-18(23-2)8-3-9-19(15-18)14-16-4-6-17(7-5-16)25(21,22)20-10-12-24-13-11-20/h4-7H,3,8-15H2,1-2H3. The number of sulfonamides is 1. The zero-order valence-corrected chi connectivity index (χ0v) is 15.9. The van der Waals surface area contributed by atoms with E-state index in [2.05, 4.69) is 11.8 Å². The number of likely N-dealkylation sites (tertiary alicyclic amines) is 1. The van der Waals surface area contributed by atoms with Crippen LogP contribution in [-0.2, 0) is 26.0 Å². The lowest BCUT2D eigenvalue weighted by molar-refractivity contribution is -0.0527. The third-order valence-corrected chi connectivity index (χ3v) is 7.08. The summed E-state index contributed by atoms with van der Waals surface area (Å²) >= 11 is 0. The quantitative estimate of drug-likeness (QED) is 0.792. The van der Waals surface area contributed by atoms with Crippen molar-refractivity contribution in [1.29, 1.82) is 0 Å². The molecule has 6 nitrogen and oxygen atoms in total. The van der Waals surface area contributed by atoms with Crippen molar-refractivity contribution < 1.29 is 17.9 Å². The normalized spacial score (nSPS) is 26.6. The Hall–Kier alpha value is -0.990. The zero-order chi connectivity index (χ0) is 17.9. The van der Waals surface area contributed by atoms with Crippen molar-refractivity contribution in [2.75, 3.05) is 46.5 Å². The number of benzene rings is 1. The van der Waals surface area contributed by atoms with Gasteiger partial charge >= 0.3 is 0 Å². The van der Waals surface area contributed by atoms with Gasteiger partial charge in [0.05, 0.1) is 23.7 Å². The van der Waals surface area contributed by atoms with Crippen LogP contribution < -0.4 is 0 Å². The second-order valence-corrected chi connectivity index (χ2v) is 9.07. The first-order valence-corrected chi connectivity index (χ1v) is 10.3. The third-order valence-electron chi connectivity index (χ3n) is 5.17. The van der Waals surface area contributed by atoms with E-state index >= 15 is 0 Å². The van der Waals surface area contributed by atoms with E-state index in [0.29, 0.717) is 31.2 Å². The second kappa shape index (κ2) is 7.72. The van der Waals surface area contributed by atoms with Crippen molar-refractivity contribution in [1.82, 2.24) is 9.21 Å². The topological polar surface area (TPSA) is 59.1 Å². The Balaban J connectivity index is 1.66. The van der Waals surface area contributed by atoms with Gasteiger partial charge in [0.25, 0.3) is 0 Å².